The van der Waals surface area contributed by atoms with Gasteiger partial charge in [0.2, 0.25) is 0 Å². The molecule has 0 spiro atoms. The van der Waals surface area contributed by atoms with Crippen LogP contribution in [0.5, 0.6) is 0 Å². The molecule has 1 aliphatic heterocycles. The third-order valence-corrected chi connectivity index (χ3v) is 5.03. The van der Waals surface area contributed by atoms with Gasteiger partial charge in [0.1, 0.15) is 5.69 Å². The van der Waals surface area contributed by atoms with Crippen molar-refractivity contribution < 1.29 is 23.1 Å². The van der Waals surface area contributed by atoms with Gasteiger partial charge in [0.15, 0.2) is 9.84 Å². The molecule has 0 aromatic carbocycles. The lowest BCUT2D eigenvalue weighted by Gasteiger charge is -2.23. The van der Waals surface area contributed by atoms with Crippen molar-refractivity contribution >= 4 is 27.5 Å². The maximum atomic E-state index is 11.9. The van der Waals surface area contributed by atoms with Crippen molar-refractivity contribution in [2.24, 2.45) is 0 Å². The highest BCUT2D eigenvalue weighted by atomic mass is 32.2. The number of urea groups is 1. The van der Waals surface area contributed by atoms with Gasteiger partial charge in [0, 0.05) is 11.7 Å². The Bertz CT molecular complexity index is 664. The van der Waals surface area contributed by atoms with Crippen LogP contribution in [0.15, 0.2) is 6.07 Å². The summed E-state index contributed by atoms with van der Waals surface area (Å²) in [6.45, 7) is 1.67. The van der Waals surface area contributed by atoms with Crippen LogP contribution in [0.3, 0.4) is 0 Å². The van der Waals surface area contributed by atoms with E-state index in [-0.39, 0.29) is 22.9 Å². The van der Waals surface area contributed by atoms with Gasteiger partial charge in [-0.25, -0.2) is 18.0 Å². The van der Waals surface area contributed by atoms with E-state index in [1.165, 1.54) is 6.07 Å². The summed E-state index contributed by atoms with van der Waals surface area (Å²) in [6.07, 6.45) is 1.10. The number of carbonyl (C=O) groups is 2. The molecule has 2 amide bonds. The number of aryl methyl sites for hydroxylation is 1. The average molecular weight is 315 g/mol. The van der Waals surface area contributed by atoms with Crippen molar-refractivity contribution in [3.8, 4) is 0 Å². The molecule has 1 aromatic rings. The van der Waals surface area contributed by atoms with Crippen molar-refractivity contribution in [2.45, 2.75) is 25.8 Å². The number of hydrogen-bond donors (Lipinski definition) is 4. The first kappa shape index (κ1) is 15.4. The number of rotatable bonds is 3. The third kappa shape index (κ3) is 3.97. The smallest absolute Gasteiger partial charge is 0.354 e. The molecule has 1 aliphatic rings. The Morgan fingerprint density at radius 1 is 1.43 bits per heavy atom. The van der Waals surface area contributed by atoms with E-state index in [1.54, 1.807) is 6.92 Å². The largest absolute Gasteiger partial charge is 0.477 e. The van der Waals surface area contributed by atoms with Gasteiger partial charge in [0.25, 0.3) is 0 Å². The van der Waals surface area contributed by atoms with Gasteiger partial charge in [-0.3, -0.25) is 0 Å². The van der Waals surface area contributed by atoms with Crippen LogP contribution in [-0.4, -0.2) is 48.1 Å². The SMILES string of the molecule is Cc1cc(NC(=O)NC2CCCS(=O)(=O)C2)c(C(=O)O)[nH]1. The van der Waals surface area contributed by atoms with E-state index in [0.29, 0.717) is 18.5 Å². The van der Waals surface area contributed by atoms with Crippen molar-refractivity contribution in [1.29, 1.82) is 0 Å². The van der Waals surface area contributed by atoms with Gasteiger partial charge in [0.05, 0.1) is 17.2 Å². The van der Waals surface area contributed by atoms with Crippen LogP contribution in [0.25, 0.3) is 0 Å². The molecular formula is C12H17N3O5S. The summed E-state index contributed by atoms with van der Waals surface area (Å²) in [5.74, 6) is -1.12. The molecule has 4 N–H and O–H groups in total. The van der Waals surface area contributed by atoms with Gasteiger partial charge in [-0.2, -0.15) is 0 Å². The highest BCUT2D eigenvalue weighted by Gasteiger charge is 2.26. The quantitative estimate of drug-likeness (QED) is 0.653. The first-order chi connectivity index (χ1) is 9.77. The second-order valence-corrected chi connectivity index (χ2v) is 7.33. The summed E-state index contributed by atoms with van der Waals surface area (Å²) in [5, 5.41) is 14.0. The van der Waals surface area contributed by atoms with Gasteiger partial charge in [-0.1, -0.05) is 0 Å². The second kappa shape index (κ2) is 5.76. The molecule has 9 heteroatoms. The molecule has 0 aliphatic carbocycles. The lowest BCUT2D eigenvalue weighted by Crippen LogP contribution is -2.45. The van der Waals surface area contributed by atoms with Crippen LogP contribution >= 0.6 is 0 Å². The minimum Gasteiger partial charge on any atom is -0.477 e. The molecule has 2 heterocycles. The number of nitrogens with one attached hydrogen (secondary N) is 3. The van der Waals surface area contributed by atoms with E-state index in [0.717, 1.165) is 0 Å². The number of H-pyrrole nitrogens is 1. The Labute approximate surface area is 121 Å². The summed E-state index contributed by atoms with van der Waals surface area (Å²) >= 11 is 0. The Balaban J connectivity index is 2.01. The maximum Gasteiger partial charge on any atom is 0.354 e. The summed E-state index contributed by atoms with van der Waals surface area (Å²) in [6, 6.07) is 0.441. The molecule has 2 rings (SSSR count). The number of carboxylic acid groups (broad SMARTS) is 1. The molecule has 1 unspecified atom stereocenters. The Kier molecular flexibility index (Phi) is 4.21. The topological polar surface area (TPSA) is 128 Å². The Morgan fingerprint density at radius 2 is 2.14 bits per heavy atom. The number of aromatic carboxylic acids is 1. The number of amides is 2. The fraction of sp³-hybridized carbons (Fsp3) is 0.500. The van der Waals surface area contributed by atoms with Gasteiger partial charge in [-0.15, -0.1) is 0 Å². The fourth-order valence-corrected chi connectivity index (χ4v) is 3.97. The number of hydrogen-bond acceptors (Lipinski definition) is 4. The third-order valence-electron chi connectivity index (χ3n) is 3.21. The molecule has 0 bridgehead atoms. The van der Waals surface area contributed by atoms with E-state index < -0.39 is 27.9 Å². The predicted molar refractivity (Wildman–Crippen MR) is 76.3 cm³/mol. The molecule has 0 radical (unpaired) electrons. The molecule has 116 valence electrons. The van der Waals surface area contributed by atoms with E-state index in [2.05, 4.69) is 15.6 Å². The van der Waals surface area contributed by atoms with Crippen LogP contribution < -0.4 is 10.6 Å². The number of carbonyl (C=O) groups excluding carboxylic acids is 1. The summed E-state index contributed by atoms with van der Waals surface area (Å²) in [7, 11) is -3.11. The lowest BCUT2D eigenvalue weighted by molar-refractivity contribution is 0.0692. The minimum atomic E-state index is -3.11. The zero-order chi connectivity index (χ0) is 15.6. The highest BCUT2D eigenvalue weighted by Crippen LogP contribution is 2.17. The van der Waals surface area contributed by atoms with Crippen molar-refractivity contribution in [1.82, 2.24) is 10.3 Å². The summed E-state index contributed by atoms with van der Waals surface area (Å²) < 4.78 is 23.0. The zero-order valence-electron chi connectivity index (χ0n) is 11.5. The monoisotopic (exact) mass is 315 g/mol. The van der Waals surface area contributed by atoms with Gasteiger partial charge >= 0.3 is 12.0 Å². The van der Waals surface area contributed by atoms with Crippen LogP contribution in [0.2, 0.25) is 0 Å². The van der Waals surface area contributed by atoms with E-state index in [9.17, 15) is 18.0 Å². The molecule has 1 aromatic heterocycles. The first-order valence-electron chi connectivity index (χ1n) is 6.48. The first-order valence-corrected chi connectivity index (χ1v) is 8.30. The number of aromatic nitrogens is 1. The number of anilines is 1. The fourth-order valence-electron chi connectivity index (χ4n) is 2.34. The van der Waals surface area contributed by atoms with Gasteiger partial charge < -0.3 is 20.7 Å². The van der Waals surface area contributed by atoms with Crippen molar-refractivity contribution in [3.63, 3.8) is 0 Å². The average Bonchev–Trinajstić information content (AvgIpc) is 2.68. The van der Waals surface area contributed by atoms with E-state index >= 15 is 0 Å². The van der Waals surface area contributed by atoms with Gasteiger partial charge in [-0.05, 0) is 25.8 Å². The maximum absolute atomic E-state index is 11.9. The van der Waals surface area contributed by atoms with Crippen LogP contribution in [0, 0.1) is 6.92 Å². The zero-order valence-corrected chi connectivity index (χ0v) is 12.3. The minimum absolute atomic E-state index is 0.0849. The van der Waals surface area contributed by atoms with E-state index in [1.807, 2.05) is 0 Å². The molecular weight excluding hydrogens is 298 g/mol. The molecule has 8 nitrogen and oxygen atoms in total. The summed E-state index contributed by atoms with van der Waals surface area (Å²) in [5.41, 5.74) is 0.637. The van der Waals surface area contributed by atoms with Crippen LogP contribution in [0.4, 0.5) is 10.5 Å². The number of aromatic amines is 1. The summed E-state index contributed by atoms with van der Waals surface area (Å²) in [4.78, 5) is 25.5. The van der Waals surface area contributed by atoms with Crippen molar-refractivity contribution in [2.75, 3.05) is 16.8 Å². The highest BCUT2D eigenvalue weighted by molar-refractivity contribution is 7.91. The molecule has 1 atom stereocenters. The standard InChI is InChI=1S/C12H17N3O5S/c1-7-5-9(10(13-7)11(16)17)15-12(18)14-8-3-2-4-21(19,20)6-8/h5,8,13H,2-4,6H2,1H3,(H,16,17)(H2,14,15,18). The molecule has 1 saturated heterocycles. The molecule has 1 fully saturated rings. The Hall–Kier alpha value is -2.03. The molecule has 0 saturated carbocycles. The number of sulfone groups is 1. The second-order valence-electron chi connectivity index (χ2n) is 5.10. The van der Waals surface area contributed by atoms with Crippen LogP contribution in [0.1, 0.15) is 29.0 Å². The molecule has 21 heavy (non-hydrogen) atoms. The lowest BCUT2D eigenvalue weighted by atomic mass is 10.2. The predicted octanol–water partition coefficient (Wildman–Crippen LogP) is 0.720. The number of carboxylic acids is 1. The normalized spacial score (nSPS) is 20.7. The van der Waals surface area contributed by atoms with E-state index in [4.69, 9.17) is 5.11 Å². The van der Waals surface area contributed by atoms with Crippen molar-refractivity contribution in [3.05, 3.63) is 17.5 Å². The Morgan fingerprint density at radius 3 is 2.76 bits per heavy atom. The van der Waals surface area contributed by atoms with Crippen LogP contribution in [-0.2, 0) is 9.84 Å².